The number of benzene rings is 2. The molecule has 0 radical (unpaired) electrons. The lowest BCUT2D eigenvalue weighted by atomic mass is 9.87. The van der Waals surface area contributed by atoms with Crippen molar-refractivity contribution >= 4 is 34.2 Å². The van der Waals surface area contributed by atoms with Crippen molar-refractivity contribution < 1.29 is 10.6 Å². The summed E-state index contributed by atoms with van der Waals surface area (Å²) in [6, 6.07) is 14.6. The third-order valence-electron chi connectivity index (χ3n) is 6.16. The minimum atomic E-state index is 0. The van der Waals surface area contributed by atoms with E-state index in [9.17, 15) is 0 Å². The number of piperidine rings is 1. The Morgan fingerprint density at radius 2 is 1.80 bits per heavy atom. The van der Waals surface area contributed by atoms with Crippen LogP contribution in [0.5, 0.6) is 0 Å². The number of nitrogens with two attached hydrogens (primary N) is 1. The van der Waals surface area contributed by atoms with Crippen LogP contribution < -0.4 is 15.5 Å². The second-order valence-corrected chi connectivity index (χ2v) is 8.01. The number of aromatic nitrogens is 1. The predicted octanol–water partition coefficient (Wildman–Crippen LogP) is 3.78. The van der Waals surface area contributed by atoms with Gasteiger partial charge >= 0.3 is 0 Å². The van der Waals surface area contributed by atoms with Crippen molar-refractivity contribution in [1.82, 2.24) is 4.98 Å². The summed E-state index contributed by atoms with van der Waals surface area (Å²) in [6.45, 7) is 4.88. The van der Waals surface area contributed by atoms with E-state index in [4.69, 9.17) is 25.3 Å². The first-order chi connectivity index (χ1) is 14.7. The van der Waals surface area contributed by atoms with Crippen LogP contribution in [0.2, 0.25) is 0 Å². The highest BCUT2D eigenvalue weighted by molar-refractivity contribution is 6.04. The smallest absolute Gasteiger partial charge is 0.298 e. The van der Waals surface area contributed by atoms with Crippen LogP contribution in [-0.2, 0) is 4.74 Å². The van der Waals surface area contributed by atoms with Gasteiger partial charge in [-0.1, -0.05) is 18.2 Å². The number of oxazole rings is 1. The Balaban J connectivity index is 0.00000231. The quantitative estimate of drug-likeness (QED) is 0.505. The van der Waals surface area contributed by atoms with Gasteiger partial charge in [0, 0.05) is 56.2 Å². The van der Waals surface area contributed by atoms with Crippen molar-refractivity contribution in [1.29, 1.82) is 5.41 Å². The second kappa shape index (κ2) is 7.99. The molecule has 1 aromatic heterocycles. The highest BCUT2D eigenvalue weighted by Gasteiger charge is 2.25. The van der Waals surface area contributed by atoms with Crippen LogP contribution >= 0.6 is 0 Å². The van der Waals surface area contributed by atoms with E-state index in [2.05, 4.69) is 21.9 Å². The predicted molar refractivity (Wildman–Crippen MR) is 122 cm³/mol. The van der Waals surface area contributed by atoms with Crippen LogP contribution in [0.25, 0.3) is 11.1 Å². The van der Waals surface area contributed by atoms with E-state index in [1.807, 2.05) is 30.3 Å². The summed E-state index contributed by atoms with van der Waals surface area (Å²) in [5, 5.41) is 8.61. The summed E-state index contributed by atoms with van der Waals surface area (Å²) >= 11 is 0. The van der Waals surface area contributed by atoms with Crippen molar-refractivity contribution in [3.63, 3.8) is 0 Å². The van der Waals surface area contributed by atoms with Gasteiger partial charge in [0.1, 0.15) is 5.52 Å². The van der Waals surface area contributed by atoms with Crippen LogP contribution in [0.3, 0.4) is 0 Å². The van der Waals surface area contributed by atoms with E-state index >= 15 is 0 Å². The molecule has 158 valence electrons. The molecule has 2 aliphatic heterocycles. The van der Waals surface area contributed by atoms with E-state index in [1.165, 1.54) is 0 Å². The molecule has 5 rings (SSSR count). The largest absolute Gasteiger partial charge is 0.423 e. The number of hydrogen-bond acceptors (Lipinski definition) is 7. The van der Waals surface area contributed by atoms with Gasteiger partial charge in [-0.3, -0.25) is 0 Å². The molecule has 7 nitrogen and oxygen atoms in total. The highest BCUT2D eigenvalue weighted by Crippen LogP contribution is 2.30. The molecule has 0 bridgehead atoms. The monoisotopic (exact) mass is 407 g/mol. The number of rotatable bonds is 4. The number of hydrogen-bond donors (Lipinski definition) is 2. The first-order valence-corrected chi connectivity index (χ1v) is 10.6. The van der Waals surface area contributed by atoms with Crippen LogP contribution in [0.4, 0.5) is 17.4 Å². The Labute approximate surface area is 177 Å². The molecule has 3 heterocycles. The molecule has 0 spiro atoms. The van der Waals surface area contributed by atoms with Crippen molar-refractivity contribution in [2.75, 3.05) is 54.9 Å². The van der Waals surface area contributed by atoms with Gasteiger partial charge in [0.05, 0.1) is 13.2 Å². The maximum Gasteiger partial charge on any atom is 0.298 e. The number of fused-ring (bicyclic) bond motifs is 1. The van der Waals surface area contributed by atoms with Gasteiger partial charge in [-0.25, -0.2) is 0 Å². The van der Waals surface area contributed by atoms with Crippen LogP contribution in [0.1, 0.15) is 19.8 Å². The zero-order chi connectivity index (χ0) is 20.5. The van der Waals surface area contributed by atoms with E-state index < -0.39 is 0 Å². The molecule has 2 aromatic carbocycles. The molecular formula is C23H29N5O2. The molecule has 7 heteroatoms. The Kier molecular flexibility index (Phi) is 5.04. The first-order valence-electron chi connectivity index (χ1n) is 10.6. The third kappa shape index (κ3) is 3.61. The average molecular weight is 408 g/mol. The van der Waals surface area contributed by atoms with Gasteiger partial charge < -0.3 is 30.1 Å². The van der Waals surface area contributed by atoms with Crippen molar-refractivity contribution in [3.05, 3.63) is 48.0 Å². The van der Waals surface area contributed by atoms with Gasteiger partial charge in [-0.2, -0.15) is 4.98 Å². The Morgan fingerprint density at radius 3 is 2.57 bits per heavy atom. The van der Waals surface area contributed by atoms with E-state index in [-0.39, 0.29) is 7.34 Å². The molecule has 2 aliphatic rings. The first kappa shape index (κ1) is 18.9. The lowest BCUT2D eigenvalue weighted by Crippen LogP contribution is -2.36. The van der Waals surface area contributed by atoms with Gasteiger partial charge in [-0.15, -0.1) is 0 Å². The summed E-state index contributed by atoms with van der Waals surface area (Å²) in [4.78, 5) is 9.22. The number of anilines is 3. The summed E-state index contributed by atoms with van der Waals surface area (Å²) in [7, 11) is 0. The molecule has 0 unspecified atom stereocenters. The van der Waals surface area contributed by atoms with Crippen molar-refractivity contribution in [2.24, 2.45) is 5.92 Å². The number of nitrogen functional groups attached to an aromatic ring is 1. The summed E-state index contributed by atoms with van der Waals surface area (Å²) in [6.07, 6.45) is 1.89. The number of nitrogens with zero attached hydrogens (tertiary/aromatic N) is 3. The van der Waals surface area contributed by atoms with Gasteiger partial charge in [0.25, 0.3) is 6.01 Å². The minimum absolute atomic E-state index is 0. The standard InChI is InChI=1S/C23H27N5O2.H2/c24-19-4-2-1-3-18(19)22(25)16-7-9-27(10-8-16)17-5-6-21-20(15-17)26-23(30-21)28-11-13-29-14-12-28;/h1-6,15-16,25H,7-14,24H2;1H. The molecule has 2 fully saturated rings. The maximum atomic E-state index is 8.61. The molecule has 0 amide bonds. The topological polar surface area (TPSA) is 91.6 Å². The third-order valence-corrected chi connectivity index (χ3v) is 6.16. The van der Waals surface area contributed by atoms with Crippen LogP contribution in [0, 0.1) is 11.3 Å². The van der Waals surface area contributed by atoms with Crippen molar-refractivity contribution in [2.45, 2.75) is 12.8 Å². The number of nitrogens with one attached hydrogen (secondary N) is 1. The van der Waals surface area contributed by atoms with Crippen molar-refractivity contribution in [3.8, 4) is 0 Å². The van der Waals surface area contributed by atoms with Gasteiger partial charge in [-0.05, 0) is 37.1 Å². The minimum Gasteiger partial charge on any atom is -0.423 e. The number of ether oxygens (including phenoxy) is 1. The van der Waals surface area contributed by atoms with Gasteiger partial charge in [0.15, 0.2) is 5.58 Å². The van der Waals surface area contributed by atoms with E-state index in [1.54, 1.807) is 0 Å². The summed E-state index contributed by atoms with van der Waals surface area (Å²) in [5.74, 6) is 0.245. The van der Waals surface area contributed by atoms with Gasteiger partial charge in [0.2, 0.25) is 0 Å². The molecule has 30 heavy (non-hydrogen) atoms. The molecule has 3 aromatic rings. The lowest BCUT2D eigenvalue weighted by Gasteiger charge is -2.34. The highest BCUT2D eigenvalue weighted by atomic mass is 16.5. The lowest BCUT2D eigenvalue weighted by molar-refractivity contribution is 0.120. The fraction of sp³-hybridized carbons (Fsp3) is 0.391. The Bertz CT molecular complexity index is 1060. The van der Waals surface area contributed by atoms with E-state index in [0.29, 0.717) is 30.6 Å². The maximum absolute atomic E-state index is 8.61. The molecular weight excluding hydrogens is 378 g/mol. The number of para-hydroxylation sites is 1. The molecule has 3 N–H and O–H groups in total. The fourth-order valence-electron chi connectivity index (χ4n) is 4.38. The van der Waals surface area contributed by atoms with E-state index in [0.717, 1.165) is 61.4 Å². The number of morpholine rings is 1. The zero-order valence-corrected chi connectivity index (χ0v) is 17.0. The second-order valence-electron chi connectivity index (χ2n) is 8.01. The summed E-state index contributed by atoms with van der Waals surface area (Å²) < 4.78 is 11.4. The summed E-state index contributed by atoms with van der Waals surface area (Å²) in [5.41, 5.74) is 11.2. The molecule has 0 saturated carbocycles. The normalized spacial score (nSPS) is 18.1. The van der Waals surface area contributed by atoms with Crippen LogP contribution in [0.15, 0.2) is 46.9 Å². The Hall–Kier alpha value is -3.06. The molecule has 0 atom stereocenters. The van der Waals surface area contributed by atoms with Crippen LogP contribution in [-0.4, -0.2) is 50.1 Å². The fourth-order valence-corrected chi connectivity index (χ4v) is 4.38. The molecule has 2 saturated heterocycles. The molecule has 0 aliphatic carbocycles. The Morgan fingerprint density at radius 1 is 1.03 bits per heavy atom. The average Bonchev–Trinajstić information content (AvgIpc) is 3.23. The zero-order valence-electron chi connectivity index (χ0n) is 17.0. The SMILES string of the molecule is N=C(c1ccccc1N)C1CCN(c2ccc3oc(N4CCOCC4)nc3c2)CC1.[HH].